The Balaban J connectivity index is 1.38. The molecule has 27 heavy (non-hydrogen) atoms. The van der Waals surface area contributed by atoms with E-state index in [1.165, 1.54) is 21.8 Å². The molecule has 0 unspecified atom stereocenters. The fourth-order valence-corrected chi connectivity index (χ4v) is 4.00. The SMILES string of the molecule is Cn1ncc2c(=O)n(CC(=O)N3CCC(C(=O)N4CCCC4)CC3)cnc21. The van der Waals surface area contributed by atoms with Gasteiger partial charge >= 0.3 is 0 Å². The van der Waals surface area contributed by atoms with Crippen LogP contribution in [-0.4, -0.2) is 67.1 Å². The number of nitrogens with zero attached hydrogens (tertiary/aromatic N) is 6. The first-order chi connectivity index (χ1) is 13.0. The Morgan fingerprint density at radius 1 is 1.11 bits per heavy atom. The number of hydrogen-bond acceptors (Lipinski definition) is 5. The van der Waals surface area contributed by atoms with Crippen LogP contribution in [-0.2, 0) is 23.2 Å². The highest BCUT2D eigenvalue weighted by Crippen LogP contribution is 2.22. The highest BCUT2D eigenvalue weighted by Gasteiger charge is 2.31. The highest BCUT2D eigenvalue weighted by molar-refractivity contribution is 5.80. The molecule has 9 nitrogen and oxygen atoms in total. The molecule has 0 spiro atoms. The molecule has 0 aliphatic carbocycles. The van der Waals surface area contributed by atoms with Gasteiger partial charge in [0, 0.05) is 39.1 Å². The number of piperidine rings is 1. The van der Waals surface area contributed by atoms with Crippen molar-refractivity contribution in [3.63, 3.8) is 0 Å². The molecule has 2 fully saturated rings. The van der Waals surface area contributed by atoms with Gasteiger partial charge in [0.15, 0.2) is 5.65 Å². The van der Waals surface area contributed by atoms with E-state index in [4.69, 9.17) is 0 Å². The molecule has 0 saturated carbocycles. The molecule has 0 aromatic carbocycles. The van der Waals surface area contributed by atoms with Crippen molar-refractivity contribution in [2.24, 2.45) is 13.0 Å². The van der Waals surface area contributed by atoms with Gasteiger partial charge in [0.25, 0.3) is 5.56 Å². The number of carbonyl (C=O) groups is 2. The quantitative estimate of drug-likeness (QED) is 0.756. The fourth-order valence-electron chi connectivity index (χ4n) is 4.00. The fraction of sp³-hybridized carbons (Fsp3) is 0.611. The first-order valence-electron chi connectivity index (χ1n) is 9.48. The molecule has 0 N–H and O–H groups in total. The van der Waals surface area contributed by atoms with E-state index in [2.05, 4.69) is 10.1 Å². The zero-order chi connectivity index (χ0) is 19.0. The van der Waals surface area contributed by atoms with Crippen LogP contribution in [0.2, 0.25) is 0 Å². The monoisotopic (exact) mass is 372 g/mol. The maximum Gasteiger partial charge on any atom is 0.264 e. The predicted molar refractivity (Wildman–Crippen MR) is 97.9 cm³/mol. The van der Waals surface area contributed by atoms with Crippen molar-refractivity contribution in [3.8, 4) is 0 Å². The predicted octanol–water partition coefficient (Wildman–Crippen LogP) is -0.00900. The van der Waals surface area contributed by atoms with Crippen molar-refractivity contribution in [2.45, 2.75) is 32.2 Å². The van der Waals surface area contributed by atoms with E-state index < -0.39 is 0 Å². The number of likely N-dealkylation sites (tertiary alicyclic amines) is 2. The summed E-state index contributed by atoms with van der Waals surface area (Å²) in [5.41, 5.74) is 0.241. The van der Waals surface area contributed by atoms with E-state index in [9.17, 15) is 14.4 Å². The Kier molecular flexibility index (Phi) is 4.67. The van der Waals surface area contributed by atoms with Crippen LogP contribution in [0.25, 0.3) is 11.0 Å². The van der Waals surface area contributed by atoms with Crippen LogP contribution in [0.1, 0.15) is 25.7 Å². The molecule has 2 aliphatic rings. The topological polar surface area (TPSA) is 93.3 Å². The Hall–Kier alpha value is -2.71. The molecule has 4 heterocycles. The number of aromatic nitrogens is 4. The Labute approximate surface area is 156 Å². The van der Waals surface area contributed by atoms with E-state index in [1.807, 2.05) is 4.90 Å². The second-order valence-corrected chi connectivity index (χ2v) is 7.37. The van der Waals surface area contributed by atoms with Gasteiger partial charge in [-0.3, -0.25) is 23.6 Å². The van der Waals surface area contributed by atoms with E-state index in [1.54, 1.807) is 11.9 Å². The number of aryl methyl sites for hydroxylation is 1. The average Bonchev–Trinajstić information content (AvgIpc) is 3.34. The van der Waals surface area contributed by atoms with Crippen LogP contribution in [0.15, 0.2) is 17.3 Å². The van der Waals surface area contributed by atoms with Crippen LogP contribution < -0.4 is 5.56 Å². The standard InChI is InChI=1S/C18H24N6O3/c1-21-16-14(10-20-21)18(27)24(12-19-16)11-15(25)22-8-4-13(5-9-22)17(26)23-6-2-3-7-23/h10,12-13H,2-9,11H2,1H3. The zero-order valence-electron chi connectivity index (χ0n) is 15.5. The zero-order valence-corrected chi connectivity index (χ0v) is 15.5. The van der Waals surface area contributed by atoms with E-state index in [0.717, 1.165) is 25.9 Å². The number of carbonyl (C=O) groups excluding carboxylic acids is 2. The summed E-state index contributed by atoms with van der Waals surface area (Å²) in [5, 5.41) is 4.44. The lowest BCUT2D eigenvalue weighted by Gasteiger charge is -2.33. The first-order valence-corrected chi connectivity index (χ1v) is 9.48. The maximum atomic E-state index is 12.6. The molecule has 9 heteroatoms. The summed E-state index contributed by atoms with van der Waals surface area (Å²) >= 11 is 0. The van der Waals surface area contributed by atoms with Crippen molar-refractivity contribution < 1.29 is 9.59 Å². The van der Waals surface area contributed by atoms with Gasteiger partial charge in [0.1, 0.15) is 18.3 Å². The molecule has 2 aromatic rings. The summed E-state index contributed by atoms with van der Waals surface area (Å²) in [4.78, 5) is 45.5. The Bertz CT molecular complexity index is 919. The van der Waals surface area contributed by atoms with Gasteiger partial charge in [-0.05, 0) is 25.7 Å². The molecule has 144 valence electrons. The maximum absolute atomic E-state index is 12.6. The van der Waals surface area contributed by atoms with Crippen molar-refractivity contribution in [2.75, 3.05) is 26.2 Å². The van der Waals surface area contributed by atoms with E-state index in [-0.39, 0.29) is 29.8 Å². The highest BCUT2D eigenvalue weighted by atomic mass is 16.2. The number of amides is 2. The third kappa shape index (κ3) is 3.33. The van der Waals surface area contributed by atoms with Crippen molar-refractivity contribution >= 4 is 22.8 Å². The third-order valence-electron chi connectivity index (χ3n) is 5.64. The number of rotatable bonds is 3. The molecule has 2 saturated heterocycles. The molecular weight excluding hydrogens is 348 g/mol. The Morgan fingerprint density at radius 2 is 1.81 bits per heavy atom. The molecule has 0 bridgehead atoms. The largest absolute Gasteiger partial charge is 0.342 e. The lowest BCUT2D eigenvalue weighted by Crippen LogP contribution is -2.45. The van der Waals surface area contributed by atoms with Crippen LogP contribution in [0, 0.1) is 5.92 Å². The van der Waals surface area contributed by atoms with Crippen molar-refractivity contribution in [1.82, 2.24) is 29.1 Å². The average molecular weight is 372 g/mol. The molecular formula is C18H24N6O3. The first kappa shape index (κ1) is 17.7. The van der Waals surface area contributed by atoms with Gasteiger partial charge in [-0.15, -0.1) is 0 Å². The number of fused-ring (bicyclic) bond motifs is 1. The minimum Gasteiger partial charge on any atom is -0.342 e. The Morgan fingerprint density at radius 3 is 2.52 bits per heavy atom. The molecule has 2 aromatic heterocycles. The third-order valence-corrected chi connectivity index (χ3v) is 5.64. The van der Waals surface area contributed by atoms with Gasteiger partial charge in [-0.25, -0.2) is 4.98 Å². The lowest BCUT2D eigenvalue weighted by atomic mass is 9.95. The van der Waals surface area contributed by atoms with Gasteiger partial charge in [0.2, 0.25) is 11.8 Å². The van der Waals surface area contributed by atoms with Crippen molar-refractivity contribution in [1.29, 1.82) is 0 Å². The molecule has 0 atom stereocenters. The summed E-state index contributed by atoms with van der Waals surface area (Å²) in [7, 11) is 1.72. The van der Waals surface area contributed by atoms with Crippen molar-refractivity contribution in [3.05, 3.63) is 22.9 Å². The minimum atomic E-state index is -0.263. The molecule has 2 aliphatic heterocycles. The second-order valence-electron chi connectivity index (χ2n) is 7.37. The second kappa shape index (κ2) is 7.13. The van der Waals surface area contributed by atoms with E-state index in [0.29, 0.717) is 37.0 Å². The van der Waals surface area contributed by atoms with Gasteiger partial charge < -0.3 is 9.80 Å². The minimum absolute atomic E-state index is 0.0169. The smallest absolute Gasteiger partial charge is 0.264 e. The van der Waals surface area contributed by atoms with Crippen LogP contribution in [0.5, 0.6) is 0 Å². The lowest BCUT2D eigenvalue weighted by molar-refractivity contribution is -0.140. The summed E-state index contributed by atoms with van der Waals surface area (Å²) in [6.45, 7) is 2.80. The summed E-state index contributed by atoms with van der Waals surface area (Å²) in [5.74, 6) is 0.138. The number of hydrogen-bond donors (Lipinski definition) is 0. The molecule has 4 rings (SSSR count). The van der Waals surface area contributed by atoms with E-state index >= 15 is 0 Å². The molecule has 0 radical (unpaired) electrons. The van der Waals surface area contributed by atoms with Gasteiger partial charge in [-0.2, -0.15) is 5.10 Å². The van der Waals surface area contributed by atoms with Gasteiger partial charge in [0.05, 0.1) is 6.20 Å². The van der Waals surface area contributed by atoms with Crippen LogP contribution >= 0.6 is 0 Å². The van der Waals surface area contributed by atoms with Crippen LogP contribution in [0.4, 0.5) is 0 Å². The summed E-state index contributed by atoms with van der Waals surface area (Å²) in [6.07, 6.45) is 6.43. The van der Waals surface area contributed by atoms with Crippen LogP contribution in [0.3, 0.4) is 0 Å². The van der Waals surface area contributed by atoms with Gasteiger partial charge in [-0.1, -0.05) is 0 Å². The summed E-state index contributed by atoms with van der Waals surface area (Å²) < 4.78 is 2.86. The molecule has 2 amide bonds. The summed E-state index contributed by atoms with van der Waals surface area (Å²) in [6, 6.07) is 0. The normalized spacial score (nSPS) is 18.4.